The average Bonchev–Trinajstić information content (AvgIpc) is 2.83. The molecule has 2 N–H and O–H groups in total. The van der Waals surface area contributed by atoms with Crippen molar-refractivity contribution in [1.82, 2.24) is 14.8 Å². The van der Waals surface area contributed by atoms with E-state index in [1.165, 1.54) is 0 Å². The van der Waals surface area contributed by atoms with Crippen molar-refractivity contribution in [2.24, 2.45) is 0 Å². The molecule has 1 amide bonds. The molecule has 0 radical (unpaired) electrons. The Morgan fingerprint density at radius 1 is 1.43 bits per heavy atom. The summed E-state index contributed by atoms with van der Waals surface area (Å²) in [4.78, 5) is 26.7. The normalized spacial score (nSPS) is 12.2. The van der Waals surface area contributed by atoms with Gasteiger partial charge in [0, 0.05) is 17.4 Å². The van der Waals surface area contributed by atoms with Crippen molar-refractivity contribution in [1.29, 1.82) is 0 Å². The minimum absolute atomic E-state index is 0.231. The number of nitrogens with one attached hydrogen (secondary N) is 2. The number of aromatic nitrogens is 3. The van der Waals surface area contributed by atoms with E-state index in [1.807, 2.05) is 18.5 Å². The molecule has 21 heavy (non-hydrogen) atoms. The average molecular weight is 288 g/mol. The van der Waals surface area contributed by atoms with Crippen molar-refractivity contribution in [3.63, 3.8) is 0 Å². The van der Waals surface area contributed by atoms with Crippen LogP contribution in [0.4, 0.5) is 5.69 Å². The summed E-state index contributed by atoms with van der Waals surface area (Å²) in [5.74, 6) is -0.323. The van der Waals surface area contributed by atoms with Gasteiger partial charge in [-0.15, -0.1) is 0 Å². The zero-order valence-corrected chi connectivity index (χ0v) is 12.7. The highest BCUT2D eigenvalue weighted by molar-refractivity contribution is 6.04. The highest BCUT2D eigenvalue weighted by Crippen LogP contribution is 2.16. The number of hydrogen-bond acceptors (Lipinski definition) is 3. The largest absolute Gasteiger partial charge is 0.325 e. The molecule has 2 aromatic rings. The molecular weight excluding hydrogens is 268 g/mol. The molecule has 2 aromatic heterocycles. The molecule has 1 atom stereocenters. The topological polar surface area (TPSA) is 79.8 Å². The van der Waals surface area contributed by atoms with Crippen molar-refractivity contribution in [3.8, 4) is 0 Å². The van der Waals surface area contributed by atoms with E-state index >= 15 is 0 Å². The van der Waals surface area contributed by atoms with Gasteiger partial charge >= 0.3 is 0 Å². The van der Waals surface area contributed by atoms with Gasteiger partial charge in [-0.05, 0) is 39.3 Å². The Morgan fingerprint density at radius 3 is 2.76 bits per heavy atom. The van der Waals surface area contributed by atoms with Gasteiger partial charge in [0.25, 0.3) is 11.5 Å². The number of rotatable bonds is 4. The lowest BCUT2D eigenvalue weighted by Crippen LogP contribution is -2.20. The van der Waals surface area contributed by atoms with E-state index < -0.39 is 0 Å². The van der Waals surface area contributed by atoms with Crippen LogP contribution in [0.2, 0.25) is 0 Å². The third-order valence-electron chi connectivity index (χ3n) is 3.60. The lowest BCUT2D eigenvalue weighted by Gasteiger charge is -2.12. The summed E-state index contributed by atoms with van der Waals surface area (Å²) in [5.41, 5.74) is 1.95. The van der Waals surface area contributed by atoms with Gasteiger partial charge in [-0.2, -0.15) is 5.10 Å². The Bertz CT molecular complexity index is 715. The molecule has 0 aliphatic heterocycles. The predicted octanol–water partition coefficient (Wildman–Crippen LogP) is 2.41. The van der Waals surface area contributed by atoms with Crippen LogP contribution in [0.1, 0.15) is 48.1 Å². The molecule has 0 aliphatic rings. The fourth-order valence-electron chi connectivity index (χ4n) is 2.12. The maximum atomic E-state index is 12.3. The number of aryl methyl sites for hydroxylation is 1. The molecule has 0 fully saturated rings. The molecule has 112 valence electrons. The molecule has 6 heteroatoms. The zero-order valence-electron chi connectivity index (χ0n) is 12.7. The minimum atomic E-state index is -0.323. The van der Waals surface area contributed by atoms with Crippen LogP contribution in [0, 0.1) is 13.8 Å². The van der Waals surface area contributed by atoms with E-state index in [-0.39, 0.29) is 23.2 Å². The van der Waals surface area contributed by atoms with Gasteiger partial charge in [-0.1, -0.05) is 6.92 Å². The lowest BCUT2D eigenvalue weighted by atomic mass is 10.2. The Hall–Kier alpha value is -2.37. The van der Waals surface area contributed by atoms with Gasteiger partial charge in [0.1, 0.15) is 5.69 Å². The van der Waals surface area contributed by atoms with Gasteiger partial charge in [-0.25, -0.2) is 0 Å². The summed E-state index contributed by atoms with van der Waals surface area (Å²) in [5, 5.41) is 6.88. The van der Waals surface area contributed by atoms with E-state index in [9.17, 15) is 9.59 Å². The fourth-order valence-corrected chi connectivity index (χ4v) is 2.12. The van der Waals surface area contributed by atoms with Gasteiger partial charge in [0.15, 0.2) is 0 Å². The molecule has 2 heterocycles. The number of amides is 1. The Morgan fingerprint density at radius 2 is 2.14 bits per heavy atom. The van der Waals surface area contributed by atoms with Gasteiger partial charge in [-0.3, -0.25) is 14.3 Å². The molecule has 0 spiro atoms. The number of carbonyl (C=O) groups is 1. The second-order valence-electron chi connectivity index (χ2n) is 5.18. The molecule has 1 unspecified atom stereocenters. The SMILES string of the molecule is CCC(C)n1ncc(C(=O)Nc2ccc(C)[nH]c2=O)c1C. The monoisotopic (exact) mass is 288 g/mol. The number of hydrogen-bond donors (Lipinski definition) is 2. The van der Waals surface area contributed by atoms with Crippen LogP contribution in [-0.2, 0) is 0 Å². The van der Waals surface area contributed by atoms with E-state index in [4.69, 9.17) is 0 Å². The molecule has 0 aliphatic carbocycles. The van der Waals surface area contributed by atoms with Crippen molar-refractivity contribution < 1.29 is 4.79 Å². The summed E-state index contributed by atoms with van der Waals surface area (Å²) in [7, 11) is 0. The second kappa shape index (κ2) is 5.95. The Balaban J connectivity index is 2.25. The summed E-state index contributed by atoms with van der Waals surface area (Å²) in [6, 6.07) is 3.57. The van der Waals surface area contributed by atoms with E-state index in [0.717, 1.165) is 17.8 Å². The summed E-state index contributed by atoms with van der Waals surface area (Å²) in [6.07, 6.45) is 2.47. The maximum Gasteiger partial charge on any atom is 0.271 e. The first kappa shape index (κ1) is 15.0. The van der Waals surface area contributed by atoms with Crippen molar-refractivity contribution in [2.75, 3.05) is 5.32 Å². The molecule has 0 aromatic carbocycles. The van der Waals surface area contributed by atoms with E-state index in [1.54, 1.807) is 25.3 Å². The number of pyridine rings is 1. The molecule has 6 nitrogen and oxygen atoms in total. The third-order valence-corrected chi connectivity index (χ3v) is 3.60. The van der Waals surface area contributed by atoms with Crippen LogP contribution in [0.3, 0.4) is 0 Å². The predicted molar refractivity (Wildman–Crippen MR) is 81.7 cm³/mol. The molecule has 0 saturated carbocycles. The van der Waals surface area contributed by atoms with Crippen LogP contribution >= 0.6 is 0 Å². The lowest BCUT2D eigenvalue weighted by molar-refractivity contribution is 0.102. The summed E-state index contributed by atoms with van der Waals surface area (Å²) in [6.45, 7) is 7.75. The third kappa shape index (κ3) is 3.04. The van der Waals surface area contributed by atoms with Gasteiger partial charge < -0.3 is 10.3 Å². The number of anilines is 1. The van der Waals surface area contributed by atoms with Gasteiger partial charge in [0.05, 0.1) is 11.8 Å². The fraction of sp³-hybridized carbons (Fsp3) is 0.400. The van der Waals surface area contributed by atoms with E-state index in [0.29, 0.717) is 5.56 Å². The van der Waals surface area contributed by atoms with Crippen LogP contribution in [0.15, 0.2) is 23.1 Å². The standard InChI is InChI=1S/C15H20N4O2/c1-5-10(3)19-11(4)12(8-16-19)14(20)18-13-7-6-9(2)17-15(13)21/h6-8,10H,5H2,1-4H3,(H,17,21)(H,18,20). The molecule has 2 rings (SSSR count). The first-order valence-electron chi connectivity index (χ1n) is 6.99. The molecule has 0 bridgehead atoms. The minimum Gasteiger partial charge on any atom is -0.325 e. The summed E-state index contributed by atoms with van der Waals surface area (Å²) >= 11 is 0. The van der Waals surface area contributed by atoms with Gasteiger partial charge in [0.2, 0.25) is 0 Å². The number of H-pyrrole nitrogens is 1. The number of carbonyl (C=O) groups excluding carboxylic acids is 1. The highest BCUT2D eigenvalue weighted by Gasteiger charge is 2.17. The van der Waals surface area contributed by atoms with Crippen LogP contribution < -0.4 is 10.9 Å². The Kier molecular flexibility index (Phi) is 4.26. The van der Waals surface area contributed by atoms with Crippen LogP contribution in [0.25, 0.3) is 0 Å². The first-order chi connectivity index (χ1) is 9.93. The first-order valence-corrected chi connectivity index (χ1v) is 6.99. The zero-order chi connectivity index (χ0) is 15.6. The molecule has 0 saturated heterocycles. The number of nitrogens with zero attached hydrogens (tertiary/aromatic N) is 2. The van der Waals surface area contributed by atoms with Crippen LogP contribution in [-0.4, -0.2) is 20.7 Å². The van der Waals surface area contributed by atoms with Crippen molar-refractivity contribution in [2.45, 2.75) is 40.2 Å². The highest BCUT2D eigenvalue weighted by atomic mass is 16.2. The quantitative estimate of drug-likeness (QED) is 0.906. The van der Waals surface area contributed by atoms with E-state index in [2.05, 4.69) is 22.3 Å². The second-order valence-corrected chi connectivity index (χ2v) is 5.18. The van der Waals surface area contributed by atoms with Crippen molar-refractivity contribution in [3.05, 3.63) is 45.6 Å². The Labute approximate surface area is 123 Å². The summed E-state index contributed by atoms with van der Waals surface area (Å²) < 4.78 is 1.83. The number of aromatic amines is 1. The smallest absolute Gasteiger partial charge is 0.271 e. The van der Waals surface area contributed by atoms with Crippen LogP contribution in [0.5, 0.6) is 0 Å². The van der Waals surface area contributed by atoms with Crippen molar-refractivity contribution >= 4 is 11.6 Å². The molecular formula is C15H20N4O2. The maximum absolute atomic E-state index is 12.3.